The highest BCUT2D eigenvalue weighted by Gasteiger charge is 2.19. The summed E-state index contributed by atoms with van der Waals surface area (Å²) in [6, 6.07) is 21.6. The lowest BCUT2D eigenvalue weighted by molar-refractivity contribution is -0.116. The Labute approximate surface area is 176 Å². The summed E-state index contributed by atoms with van der Waals surface area (Å²) in [5, 5.41) is 7.90. The molecule has 1 atom stereocenters. The molecule has 3 aromatic rings. The molecule has 0 saturated heterocycles. The van der Waals surface area contributed by atoms with Gasteiger partial charge in [-0.15, -0.1) is 11.8 Å². The average Bonchev–Trinajstić information content (AvgIpc) is 2.72. The maximum absolute atomic E-state index is 12.9. The quantitative estimate of drug-likeness (QED) is 0.445. The summed E-state index contributed by atoms with van der Waals surface area (Å²) >= 11 is 1.51. The molecule has 2 N–H and O–H groups in total. The predicted molar refractivity (Wildman–Crippen MR) is 122 cm³/mol. The molecule has 0 aliphatic rings. The van der Waals surface area contributed by atoms with Crippen LogP contribution in [0.5, 0.6) is 0 Å². The van der Waals surface area contributed by atoms with E-state index >= 15 is 0 Å². The van der Waals surface area contributed by atoms with Gasteiger partial charge in [-0.25, -0.2) is 0 Å². The third-order valence-electron chi connectivity index (χ3n) is 4.58. The number of anilines is 2. The zero-order valence-corrected chi connectivity index (χ0v) is 17.6. The Kier molecular flexibility index (Phi) is 7.30. The molecule has 4 nitrogen and oxygen atoms in total. The van der Waals surface area contributed by atoms with Crippen molar-refractivity contribution in [2.75, 3.05) is 10.6 Å². The van der Waals surface area contributed by atoms with E-state index in [1.807, 2.05) is 80.6 Å². The molecule has 0 fully saturated rings. The van der Waals surface area contributed by atoms with Crippen LogP contribution in [-0.2, 0) is 9.59 Å². The predicted octanol–water partition coefficient (Wildman–Crippen LogP) is 6.09. The number of carbonyl (C=O) groups excluding carboxylic acids is 2. The van der Waals surface area contributed by atoms with Gasteiger partial charge in [0.1, 0.15) is 0 Å². The summed E-state index contributed by atoms with van der Waals surface area (Å²) < 4.78 is 0. The number of carbonyl (C=O) groups is 2. The van der Waals surface area contributed by atoms with Crippen LogP contribution in [0.15, 0.2) is 71.6 Å². The van der Waals surface area contributed by atoms with Gasteiger partial charge in [0, 0.05) is 28.1 Å². The minimum atomic E-state index is -0.226. The molecule has 0 aliphatic carbocycles. The molecule has 1 unspecified atom stereocenters. The number of thioether (sulfide) groups is 1. The first-order valence-electron chi connectivity index (χ1n) is 9.96. The topological polar surface area (TPSA) is 58.2 Å². The number of rotatable bonds is 8. The van der Waals surface area contributed by atoms with Crippen molar-refractivity contribution >= 4 is 45.7 Å². The summed E-state index contributed by atoms with van der Waals surface area (Å²) in [4.78, 5) is 25.7. The first-order valence-corrected chi connectivity index (χ1v) is 10.8. The van der Waals surface area contributed by atoms with Gasteiger partial charge in [-0.3, -0.25) is 9.59 Å². The van der Waals surface area contributed by atoms with Gasteiger partial charge < -0.3 is 10.6 Å². The second-order valence-electron chi connectivity index (χ2n) is 6.86. The molecular weight excluding hydrogens is 380 g/mol. The first-order chi connectivity index (χ1) is 14.1. The summed E-state index contributed by atoms with van der Waals surface area (Å²) in [6.07, 6.45) is 2.02. The highest BCUT2D eigenvalue weighted by molar-refractivity contribution is 8.00. The minimum Gasteiger partial charge on any atom is -0.326 e. The van der Waals surface area contributed by atoms with E-state index in [0.717, 1.165) is 33.5 Å². The SMILES string of the molecule is CCCC(=O)Nc1cccc(SC(CC)C(=O)Nc2cccc3ccccc23)c1. The zero-order valence-electron chi connectivity index (χ0n) is 16.8. The zero-order chi connectivity index (χ0) is 20.6. The van der Waals surface area contributed by atoms with Gasteiger partial charge in [0.05, 0.1) is 5.25 Å². The Morgan fingerprint density at radius 2 is 1.69 bits per heavy atom. The Morgan fingerprint density at radius 3 is 2.48 bits per heavy atom. The van der Waals surface area contributed by atoms with Crippen LogP contribution in [0.3, 0.4) is 0 Å². The molecule has 0 heterocycles. The Hall–Kier alpha value is -2.79. The summed E-state index contributed by atoms with van der Waals surface area (Å²) in [7, 11) is 0. The van der Waals surface area contributed by atoms with Crippen LogP contribution in [-0.4, -0.2) is 17.1 Å². The molecule has 3 rings (SSSR count). The highest BCUT2D eigenvalue weighted by atomic mass is 32.2. The fourth-order valence-corrected chi connectivity index (χ4v) is 4.15. The van der Waals surface area contributed by atoms with Crippen molar-refractivity contribution in [1.82, 2.24) is 0 Å². The number of fused-ring (bicyclic) bond motifs is 1. The maximum atomic E-state index is 12.9. The standard InChI is InChI=1S/C24H26N2O2S/c1-3-9-23(27)25-18-12-8-13-19(16-18)29-22(4-2)24(28)26-21-15-7-11-17-10-5-6-14-20(17)21/h5-8,10-16,22H,3-4,9H2,1-2H3,(H,25,27)(H,26,28). The van der Waals surface area contributed by atoms with E-state index in [1.54, 1.807) is 0 Å². The third-order valence-corrected chi connectivity index (χ3v) is 5.94. The Balaban J connectivity index is 1.71. The van der Waals surface area contributed by atoms with Crippen LogP contribution in [0, 0.1) is 0 Å². The molecular formula is C24H26N2O2S. The van der Waals surface area contributed by atoms with Crippen molar-refractivity contribution in [1.29, 1.82) is 0 Å². The molecule has 0 aromatic heterocycles. The van der Waals surface area contributed by atoms with E-state index in [4.69, 9.17) is 0 Å². The van der Waals surface area contributed by atoms with Crippen LogP contribution < -0.4 is 10.6 Å². The largest absolute Gasteiger partial charge is 0.326 e. The lowest BCUT2D eigenvalue weighted by Crippen LogP contribution is -2.24. The van der Waals surface area contributed by atoms with Gasteiger partial charge in [-0.05, 0) is 42.5 Å². The van der Waals surface area contributed by atoms with E-state index in [1.165, 1.54) is 11.8 Å². The highest BCUT2D eigenvalue weighted by Crippen LogP contribution is 2.30. The molecule has 2 amide bonds. The van der Waals surface area contributed by atoms with Crippen LogP contribution in [0.2, 0.25) is 0 Å². The summed E-state index contributed by atoms with van der Waals surface area (Å²) in [5.41, 5.74) is 1.59. The van der Waals surface area contributed by atoms with Crippen molar-refractivity contribution in [3.63, 3.8) is 0 Å². The van der Waals surface area contributed by atoms with Crippen LogP contribution in [0.25, 0.3) is 10.8 Å². The molecule has 5 heteroatoms. The summed E-state index contributed by atoms with van der Waals surface area (Å²) in [5.74, 6) is -0.00957. The van der Waals surface area contributed by atoms with Gasteiger partial charge in [0.25, 0.3) is 0 Å². The second kappa shape index (κ2) is 10.1. The average molecular weight is 407 g/mol. The molecule has 0 radical (unpaired) electrons. The molecule has 0 bridgehead atoms. The van der Waals surface area contributed by atoms with E-state index in [0.29, 0.717) is 12.8 Å². The molecule has 150 valence electrons. The van der Waals surface area contributed by atoms with Gasteiger partial charge in [0.15, 0.2) is 0 Å². The maximum Gasteiger partial charge on any atom is 0.237 e. The van der Waals surface area contributed by atoms with Crippen molar-refractivity contribution in [3.8, 4) is 0 Å². The van der Waals surface area contributed by atoms with Gasteiger partial charge in [-0.2, -0.15) is 0 Å². The van der Waals surface area contributed by atoms with Crippen molar-refractivity contribution in [2.24, 2.45) is 0 Å². The lowest BCUT2D eigenvalue weighted by Gasteiger charge is -2.16. The molecule has 0 aliphatic heterocycles. The number of hydrogen-bond acceptors (Lipinski definition) is 3. The fourth-order valence-electron chi connectivity index (χ4n) is 3.13. The van der Waals surface area contributed by atoms with E-state index in [-0.39, 0.29) is 17.1 Å². The second-order valence-corrected chi connectivity index (χ2v) is 8.13. The third kappa shape index (κ3) is 5.61. The Bertz CT molecular complexity index is 998. The number of hydrogen-bond donors (Lipinski definition) is 2. The first kappa shape index (κ1) is 20.9. The fraction of sp³-hybridized carbons (Fsp3) is 0.250. The number of benzene rings is 3. The van der Waals surface area contributed by atoms with E-state index in [9.17, 15) is 9.59 Å². The molecule has 0 saturated carbocycles. The Morgan fingerprint density at radius 1 is 0.931 bits per heavy atom. The van der Waals surface area contributed by atoms with E-state index in [2.05, 4.69) is 10.6 Å². The van der Waals surface area contributed by atoms with Crippen molar-refractivity contribution < 1.29 is 9.59 Å². The normalized spacial score (nSPS) is 11.8. The van der Waals surface area contributed by atoms with Gasteiger partial charge in [0.2, 0.25) is 11.8 Å². The van der Waals surface area contributed by atoms with Gasteiger partial charge in [-0.1, -0.05) is 56.3 Å². The van der Waals surface area contributed by atoms with Crippen LogP contribution in [0.1, 0.15) is 33.1 Å². The van der Waals surface area contributed by atoms with Crippen LogP contribution >= 0.6 is 11.8 Å². The minimum absolute atomic E-state index is 0.00962. The van der Waals surface area contributed by atoms with Crippen molar-refractivity contribution in [2.45, 2.75) is 43.3 Å². The molecule has 29 heavy (non-hydrogen) atoms. The molecule has 0 spiro atoms. The number of nitrogens with one attached hydrogen (secondary N) is 2. The van der Waals surface area contributed by atoms with Crippen LogP contribution in [0.4, 0.5) is 11.4 Å². The van der Waals surface area contributed by atoms with Crippen molar-refractivity contribution in [3.05, 3.63) is 66.7 Å². The lowest BCUT2D eigenvalue weighted by atomic mass is 10.1. The molecule has 3 aromatic carbocycles. The van der Waals surface area contributed by atoms with Gasteiger partial charge >= 0.3 is 0 Å². The number of amides is 2. The monoisotopic (exact) mass is 406 g/mol. The van der Waals surface area contributed by atoms with E-state index < -0.39 is 0 Å². The summed E-state index contributed by atoms with van der Waals surface area (Å²) in [6.45, 7) is 3.99. The smallest absolute Gasteiger partial charge is 0.237 e.